The van der Waals surface area contributed by atoms with Crippen LogP contribution in [0.15, 0.2) is 29.2 Å². The molecule has 0 fully saturated rings. The largest absolute Gasteiger partial charge is 0.393 e. The van der Waals surface area contributed by atoms with Crippen LogP contribution in [-0.2, 0) is 4.79 Å². The number of amides is 1. The van der Waals surface area contributed by atoms with Crippen LogP contribution in [0.1, 0.15) is 13.3 Å². The van der Waals surface area contributed by atoms with E-state index in [1.165, 1.54) is 18.7 Å². The van der Waals surface area contributed by atoms with Crippen LogP contribution in [0.25, 0.3) is 0 Å². The molecule has 1 aromatic carbocycles. The topological polar surface area (TPSA) is 69.6 Å². The average molecular weight is 304 g/mol. The Hall–Kier alpha value is -0.750. The SMILES string of the molecule is CC(O)(CO)CNC(=O)CCSc1ccccc1Cl. The first-order valence-electron chi connectivity index (χ1n) is 5.92. The third-order valence-corrected chi connectivity index (χ3v) is 3.95. The molecule has 0 bridgehead atoms. The van der Waals surface area contributed by atoms with Crippen molar-refractivity contribution in [2.45, 2.75) is 23.8 Å². The van der Waals surface area contributed by atoms with Gasteiger partial charge in [0.05, 0.1) is 11.6 Å². The van der Waals surface area contributed by atoms with Crippen LogP contribution in [0.3, 0.4) is 0 Å². The van der Waals surface area contributed by atoms with E-state index in [9.17, 15) is 9.90 Å². The molecule has 3 N–H and O–H groups in total. The molecule has 0 aliphatic rings. The predicted molar refractivity (Wildman–Crippen MR) is 77.5 cm³/mol. The Bertz CT molecular complexity index is 426. The maximum atomic E-state index is 11.5. The summed E-state index contributed by atoms with van der Waals surface area (Å²) in [5.41, 5.74) is -1.27. The van der Waals surface area contributed by atoms with Gasteiger partial charge in [0, 0.05) is 23.6 Å². The quantitative estimate of drug-likeness (QED) is 0.670. The van der Waals surface area contributed by atoms with Gasteiger partial charge in [0.25, 0.3) is 0 Å². The predicted octanol–water partition coefficient (Wildman–Crippen LogP) is 1.68. The van der Waals surface area contributed by atoms with Crippen LogP contribution in [-0.4, -0.2) is 40.6 Å². The van der Waals surface area contributed by atoms with E-state index in [-0.39, 0.29) is 19.1 Å². The summed E-state index contributed by atoms with van der Waals surface area (Å²) in [5.74, 6) is 0.449. The van der Waals surface area contributed by atoms with Gasteiger partial charge in [0.15, 0.2) is 0 Å². The van der Waals surface area contributed by atoms with Crippen molar-refractivity contribution in [3.63, 3.8) is 0 Å². The fraction of sp³-hybridized carbons (Fsp3) is 0.462. The second-order valence-electron chi connectivity index (χ2n) is 4.46. The molecule has 1 unspecified atom stereocenters. The molecule has 0 heterocycles. The first-order chi connectivity index (χ1) is 8.94. The normalized spacial score (nSPS) is 13.9. The Labute approximate surface area is 122 Å². The lowest BCUT2D eigenvalue weighted by atomic mass is 10.1. The third-order valence-electron chi connectivity index (χ3n) is 2.43. The highest BCUT2D eigenvalue weighted by Crippen LogP contribution is 2.26. The highest BCUT2D eigenvalue weighted by Gasteiger charge is 2.19. The smallest absolute Gasteiger partial charge is 0.220 e. The van der Waals surface area contributed by atoms with Gasteiger partial charge >= 0.3 is 0 Å². The van der Waals surface area contributed by atoms with Gasteiger partial charge in [-0.1, -0.05) is 23.7 Å². The molecule has 0 aromatic heterocycles. The van der Waals surface area contributed by atoms with Crippen LogP contribution in [0.4, 0.5) is 0 Å². The number of benzene rings is 1. The van der Waals surface area contributed by atoms with Gasteiger partial charge in [-0.2, -0.15) is 0 Å². The summed E-state index contributed by atoms with van der Waals surface area (Å²) in [6.07, 6.45) is 0.331. The zero-order valence-electron chi connectivity index (χ0n) is 10.7. The van der Waals surface area contributed by atoms with Crippen molar-refractivity contribution in [3.05, 3.63) is 29.3 Å². The molecule has 0 saturated carbocycles. The Morgan fingerprint density at radius 2 is 2.16 bits per heavy atom. The molecule has 0 aliphatic carbocycles. The van der Waals surface area contributed by atoms with E-state index in [1.54, 1.807) is 0 Å². The summed E-state index contributed by atoms with van der Waals surface area (Å²) >= 11 is 7.51. The van der Waals surface area contributed by atoms with E-state index >= 15 is 0 Å². The number of halogens is 1. The van der Waals surface area contributed by atoms with Crippen LogP contribution in [0, 0.1) is 0 Å². The van der Waals surface area contributed by atoms with E-state index in [1.807, 2.05) is 24.3 Å². The van der Waals surface area contributed by atoms with Gasteiger partial charge in [0.2, 0.25) is 5.91 Å². The average Bonchev–Trinajstić information content (AvgIpc) is 2.39. The minimum atomic E-state index is -1.27. The molecule has 106 valence electrons. The molecular weight excluding hydrogens is 286 g/mol. The van der Waals surface area contributed by atoms with Crippen molar-refractivity contribution >= 4 is 29.3 Å². The number of thioether (sulfide) groups is 1. The Morgan fingerprint density at radius 3 is 2.79 bits per heavy atom. The molecule has 6 heteroatoms. The standard InChI is InChI=1S/C13H18ClNO3S/c1-13(18,9-16)8-15-12(17)6-7-19-11-5-3-2-4-10(11)14/h2-5,16,18H,6-9H2,1H3,(H,15,17). The van der Waals surface area contributed by atoms with Crippen LogP contribution < -0.4 is 5.32 Å². The maximum absolute atomic E-state index is 11.5. The van der Waals surface area contributed by atoms with Gasteiger partial charge in [-0.3, -0.25) is 4.79 Å². The van der Waals surface area contributed by atoms with Crippen molar-refractivity contribution in [1.82, 2.24) is 5.32 Å². The highest BCUT2D eigenvalue weighted by molar-refractivity contribution is 7.99. The highest BCUT2D eigenvalue weighted by atomic mass is 35.5. The van der Waals surface area contributed by atoms with Crippen LogP contribution in [0.5, 0.6) is 0 Å². The summed E-state index contributed by atoms with van der Waals surface area (Å²) < 4.78 is 0. The van der Waals surface area contributed by atoms with Gasteiger partial charge in [-0.05, 0) is 19.1 Å². The number of rotatable bonds is 7. The van der Waals surface area contributed by atoms with Crippen molar-refractivity contribution in [3.8, 4) is 0 Å². The molecule has 1 atom stereocenters. The second-order valence-corrected chi connectivity index (χ2v) is 6.00. The van der Waals surface area contributed by atoms with Gasteiger partial charge in [-0.25, -0.2) is 0 Å². The Kier molecular flexibility index (Phi) is 6.65. The number of carbonyl (C=O) groups excluding carboxylic acids is 1. The molecule has 0 aliphatic heterocycles. The van der Waals surface area contributed by atoms with Crippen molar-refractivity contribution in [1.29, 1.82) is 0 Å². The molecule has 0 saturated heterocycles. The minimum absolute atomic E-state index is 0.0408. The van der Waals surface area contributed by atoms with Crippen LogP contribution in [0.2, 0.25) is 5.02 Å². The number of aliphatic hydroxyl groups is 2. The van der Waals surface area contributed by atoms with Gasteiger partial charge in [-0.15, -0.1) is 11.8 Å². The third kappa shape index (κ3) is 6.29. The lowest BCUT2D eigenvalue weighted by molar-refractivity contribution is -0.122. The maximum Gasteiger partial charge on any atom is 0.220 e. The number of hydrogen-bond acceptors (Lipinski definition) is 4. The van der Waals surface area contributed by atoms with E-state index < -0.39 is 5.60 Å². The number of carbonyl (C=O) groups is 1. The molecule has 1 rings (SSSR count). The fourth-order valence-electron chi connectivity index (χ4n) is 1.25. The first kappa shape index (κ1) is 16.3. The Balaban J connectivity index is 2.26. The molecule has 4 nitrogen and oxygen atoms in total. The summed E-state index contributed by atoms with van der Waals surface area (Å²) in [6, 6.07) is 7.46. The lowest BCUT2D eigenvalue weighted by Crippen LogP contribution is -2.43. The minimum Gasteiger partial charge on any atom is -0.393 e. The molecule has 1 amide bonds. The van der Waals surface area contributed by atoms with E-state index in [0.717, 1.165) is 4.90 Å². The zero-order chi connectivity index (χ0) is 14.3. The molecule has 19 heavy (non-hydrogen) atoms. The van der Waals surface area contributed by atoms with Crippen molar-refractivity contribution in [2.24, 2.45) is 0 Å². The monoisotopic (exact) mass is 303 g/mol. The van der Waals surface area contributed by atoms with Gasteiger partial charge < -0.3 is 15.5 Å². The van der Waals surface area contributed by atoms with Crippen molar-refractivity contribution in [2.75, 3.05) is 18.9 Å². The summed E-state index contributed by atoms with van der Waals surface area (Å²) in [5, 5.41) is 21.6. The van der Waals surface area contributed by atoms with Gasteiger partial charge in [0.1, 0.15) is 5.60 Å². The zero-order valence-corrected chi connectivity index (χ0v) is 12.3. The van der Waals surface area contributed by atoms with E-state index in [0.29, 0.717) is 17.2 Å². The molecule has 0 spiro atoms. The fourth-order valence-corrected chi connectivity index (χ4v) is 2.44. The molecule has 0 radical (unpaired) electrons. The number of nitrogens with one attached hydrogen (secondary N) is 1. The van der Waals surface area contributed by atoms with Crippen molar-refractivity contribution < 1.29 is 15.0 Å². The first-order valence-corrected chi connectivity index (χ1v) is 7.28. The second kappa shape index (κ2) is 7.75. The summed E-state index contributed by atoms with van der Waals surface area (Å²) in [6.45, 7) is 1.12. The number of aliphatic hydroxyl groups excluding tert-OH is 1. The molecule has 1 aromatic rings. The Morgan fingerprint density at radius 1 is 1.47 bits per heavy atom. The lowest BCUT2D eigenvalue weighted by Gasteiger charge is -2.20. The number of hydrogen-bond donors (Lipinski definition) is 3. The summed E-state index contributed by atoms with van der Waals surface area (Å²) in [4.78, 5) is 12.5. The summed E-state index contributed by atoms with van der Waals surface area (Å²) in [7, 11) is 0. The molecular formula is C13H18ClNO3S. The van der Waals surface area contributed by atoms with E-state index in [2.05, 4.69) is 5.32 Å². The van der Waals surface area contributed by atoms with E-state index in [4.69, 9.17) is 16.7 Å². The van der Waals surface area contributed by atoms with Crippen LogP contribution >= 0.6 is 23.4 Å².